The molecule has 0 bridgehead atoms. The molecule has 4 N–H and O–H groups in total. The summed E-state index contributed by atoms with van der Waals surface area (Å²) in [6.07, 6.45) is 1.67. The maximum absolute atomic E-state index is 12.2. The molecule has 0 saturated carbocycles. The molecule has 0 saturated heterocycles. The Bertz CT molecular complexity index is 901. The van der Waals surface area contributed by atoms with Crippen molar-refractivity contribution < 1.29 is 19.1 Å². The van der Waals surface area contributed by atoms with Crippen LogP contribution in [0.2, 0.25) is 0 Å². The van der Waals surface area contributed by atoms with Gasteiger partial charge in [0, 0.05) is 17.9 Å². The number of esters is 1. The summed E-state index contributed by atoms with van der Waals surface area (Å²) in [5.41, 5.74) is 3.45. The number of ether oxygens (including phenoxy) is 1. The van der Waals surface area contributed by atoms with E-state index in [1.165, 1.54) is 7.11 Å². The molecule has 2 aromatic rings. The molecule has 0 aliphatic heterocycles. The van der Waals surface area contributed by atoms with Crippen molar-refractivity contribution in [2.45, 2.75) is 39.2 Å². The number of aryl methyl sites for hydroxylation is 2. The number of hydrogen-bond acceptors (Lipinski definition) is 4. The Morgan fingerprint density at radius 1 is 0.871 bits per heavy atom. The van der Waals surface area contributed by atoms with Crippen molar-refractivity contribution in [1.29, 1.82) is 0 Å². The summed E-state index contributed by atoms with van der Waals surface area (Å²) in [4.78, 5) is 36.2. The van der Waals surface area contributed by atoms with Crippen molar-refractivity contribution in [3.05, 3.63) is 59.7 Å². The highest BCUT2D eigenvalue weighted by molar-refractivity contribution is 5.92. The van der Waals surface area contributed by atoms with Gasteiger partial charge in [-0.2, -0.15) is 0 Å². The lowest BCUT2D eigenvalue weighted by atomic mass is 10.1. The number of urea groups is 2. The Morgan fingerprint density at radius 2 is 1.45 bits per heavy atom. The number of amides is 4. The Morgan fingerprint density at radius 3 is 2.00 bits per heavy atom. The number of nitrogens with one attached hydrogen (secondary N) is 4. The zero-order chi connectivity index (χ0) is 22.6. The third kappa shape index (κ3) is 8.77. The van der Waals surface area contributed by atoms with Crippen LogP contribution in [0.4, 0.5) is 21.0 Å². The van der Waals surface area contributed by atoms with Gasteiger partial charge in [-0.25, -0.2) is 14.4 Å². The maximum atomic E-state index is 12.2. The second-order valence-corrected chi connectivity index (χ2v) is 7.29. The van der Waals surface area contributed by atoms with E-state index >= 15 is 0 Å². The van der Waals surface area contributed by atoms with E-state index in [9.17, 15) is 14.4 Å². The minimum absolute atomic E-state index is 0.286. The molecule has 4 amide bonds. The summed E-state index contributed by atoms with van der Waals surface area (Å²) in [6.45, 7) is 4.33. The van der Waals surface area contributed by atoms with E-state index in [4.69, 9.17) is 4.74 Å². The molecule has 8 heteroatoms. The van der Waals surface area contributed by atoms with Crippen LogP contribution in [0.25, 0.3) is 0 Å². The number of methoxy groups -OCH3 is 1. The smallest absolute Gasteiger partial charge is 0.328 e. The molecule has 0 heterocycles. The van der Waals surface area contributed by atoms with Crippen LogP contribution in [0.3, 0.4) is 0 Å². The second-order valence-electron chi connectivity index (χ2n) is 7.29. The van der Waals surface area contributed by atoms with Crippen LogP contribution in [0.1, 0.15) is 30.4 Å². The van der Waals surface area contributed by atoms with Gasteiger partial charge in [-0.3, -0.25) is 0 Å². The van der Waals surface area contributed by atoms with Gasteiger partial charge in [0.2, 0.25) is 0 Å². The Labute approximate surface area is 182 Å². The van der Waals surface area contributed by atoms with E-state index < -0.39 is 18.0 Å². The normalized spacial score (nSPS) is 11.2. The Hall–Kier alpha value is -3.55. The summed E-state index contributed by atoms with van der Waals surface area (Å²) in [6, 6.07) is 13.4. The zero-order valence-electron chi connectivity index (χ0n) is 18.2. The lowest BCUT2D eigenvalue weighted by Crippen LogP contribution is -2.43. The van der Waals surface area contributed by atoms with Gasteiger partial charge < -0.3 is 26.0 Å². The predicted octanol–water partition coefficient (Wildman–Crippen LogP) is 3.96. The highest BCUT2D eigenvalue weighted by Gasteiger charge is 2.21. The molecule has 166 valence electrons. The van der Waals surface area contributed by atoms with Gasteiger partial charge in [0.25, 0.3) is 0 Å². The fourth-order valence-corrected chi connectivity index (χ4v) is 3.01. The lowest BCUT2D eigenvalue weighted by Gasteiger charge is -2.17. The van der Waals surface area contributed by atoms with Crippen LogP contribution >= 0.6 is 0 Å². The molecule has 2 rings (SSSR count). The molecule has 8 nitrogen and oxygen atoms in total. The van der Waals surface area contributed by atoms with Crippen molar-refractivity contribution >= 4 is 29.4 Å². The first kappa shape index (κ1) is 23.7. The van der Waals surface area contributed by atoms with Crippen LogP contribution in [-0.2, 0) is 9.53 Å². The van der Waals surface area contributed by atoms with E-state index in [0.717, 1.165) is 16.8 Å². The SMILES string of the molecule is COC(=O)[C@H](CCCCNC(=O)Nc1cccc(C)c1)NC(=O)Nc1cccc(C)c1. The number of benzene rings is 2. The lowest BCUT2D eigenvalue weighted by molar-refractivity contribution is -0.143. The fourth-order valence-electron chi connectivity index (χ4n) is 3.01. The molecule has 0 fully saturated rings. The van der Waals surface area contributed by atoms with Gasteiger partial charge in [0.1, 0.15) is 6.04 Å². The predicted molar refractivity (Wildman–Crippen MR) is 121 cm³/mol. The van der Waals surface area contributed by atoms with E-state index in [1.54, 1.807) is 6.07 Å². The number of hydrogen-bond donors (Lipinski definition) is 4. The molecule has 31 heavy (non-hydrogen) atoms. The van der Waals surface area contributed by atoms with Crippen LogP contribution in [0.15, 0.2) is 48.5 Å². The molecule has 2 aromatic carbocycles. The second kappa shape index (κ2) is 12.2. The topological polar surface area (TPSA) is 109 Å². The number of unbranched alkanes of at least 4 members (excludes halogenated alkanes) is 1. The van der Waals surface area contributed by atoms with E-state index in [1.807, 2.05) is 56.3 Å². The van der Waals surface area contributed by atoms with Crippen LogP contribution in [0.5, 0.6) is 0 Å². The van der Waals surface area contributed by atoms with Crippen LogP contribution in [0, 0.1) is 13.8 Å². The zero-order valence-corrected chi connectivity index (χ0v) is 18.2. The molecule has 0 unspecified atom stereocenters. The minimum Gasteiger partial charge on any atom is -0.467 e. The number of carbonyl (C=O) groups is 3. The summed E-state index contributed by atoms with van der Waals surface area (Å²) >= 11 is 0. The summed E-state index contributed by atoms with van der Waals surface area (Å²) < 4.78 is 4.79. The minimum atomic E-state index is -0.768. The standard InChI is InChI=1S/C23H30N4O4/c1-16-8-6-10-18(14-16)25-22(29)24-13-5-4-12-20(21(28)31-3)27-23(30)26-19-11-7-9-17(2)15-19/h6-11,14-15,20H,4-5,12-13H2,1-3H3,(H2,24,25,29)(H2,26,27,30)/t20-/m0/s1. The van der Waals surface area contributed by atoms with E-state index in [2.05, 4.69) is 21.3 Å². The molecule has 0 aliphatic rings. The summed E-state index contributed by atoms with van der Waals surface area (Å²) in [5, 5.41) is 10.9. The molecule has 1 atom stereocenters. The monoisotopic (exact) mass is 426 g/mol. The largest absolute Gasteiger partial charge is 0.467 e. The van der Waals surface area contributed by atoms with Crippen molar-refractivity contribution in [2.24, 2.45) is 0 Å². The third-order valence-electron chi connectivity index (χ3n) is 4.55. The van der Waals surface area contributed by atoms with Crippen molar-refractivity contribution in [3.8, 4) is 0 Å². The number of rotatable bonds is 9. The molecule has 0 radical (unpaired) electrons. The molecular formula is C23H30N4O4. The Balaban J connectivity index is 1.72. The van der Waals surface area contributed by atoms with Crippen LogP contribution in [-0.4, -0.2) is 37.7 Å². The molecule has 0 aromatic heterocycles. The molecule has 0 aliphatic carbocycles. The molecule has 0 spiro atoms. The van der Waals surface area contributed by atoms with Gasteiger partial charge in [0.15, 0.2) is 0 Å². The van der Waals surface area contributed by atoms with Crippen molar-refractivity contribution in [3.63, 3.8) is 0 Å². The highest BCUT2D eigenvalue weighted by atomic mass is 16.5. The number of carbonyl (C=O) groups excluding carboxylic acids is 3. The summed E-state index contributed by atoms with van der Waals surface area (Å²) in [5.74, 6) is -0.510. The quantitative estimate of drug-likeness (QED) is 0.359. The average molecular weight is 427 g/mol. The maximum Gasteiger partial charge on any atom is 0.328 e. The van der Waals surface area contributed by atoms with Gasteiger partial charge >= 0.3 is 18.0 Å². The van der Waals surface area contributed by atoms with E-state index in [0.29, 0.717) is 31.5 Å². The van der Waals surface area contributed by atoms with Crippen LogP contribution < -0.4 is 21.3 Å². The fraction of sp³-hybridized carbons (Fsp3) is 0.348. The first-order valence-corrected chi connectivity index (χ1v) is 10.2. The van der Waals surface area contributed by atoms with Gasteiger partial charge in [-0.15, -0.1) is 0 Å². The number of anilines is 2. The Kier molecular flexibility index (Phi) is 9.35. The molecular weight excluding hydrogens is 396 g/mol. The highest BCUT2D eigenvalue weighted by Crippen LogP contribution is 2.11. The first-order chi connectivity index (χ1) is 14.9. The van der Waals surface area contributed by atoms with E-state index in [-0.39, 0.29) is 6.03 Å². The van der Waals surface area contributed by atoms with Gasteiger partial charge in [0.05, 0.1) is 7.11 Å². The van der Waals surface area contributed by atoms with Gasteiger partial charge in [-0.1, -0.05) is 24.3 Å². The van der Waals surface area contributed by atoms with Crippen molar-refractivity contribution in [1.82, 2.24) is 10.6 Å². The first-order valence-electron chi connectivity index (χ1n) is 10.2. The summed E-state index contributed by atoms with van der Waals surface area (Å²) in [7, 11) is 1.28. The van der Waals surface area contributed by atoms with Crippen molar-refractivity contribution in [2.75, 3.05) is 24.3 Å². The van der Waals surface area contributed by atoms with Gasteiger partial charge in [-0.05, 0) is 68.5 Å². The third-order valence-corrected chi connectivity index (χ3v) is 4.55. The average Bonchev–Trinajstić information content (AvgIpc) is 2.72.